The maximum Gasteiger partial charge on any atom is 0.323 e. The van der Waals surface area contributed by atoms with Gasteiger partial charge in [-0.3, -0.25) is 4.79 Å². The molecule has 0 aliphatic heterocycles. The van der Waals surface area contributed by atoms with Gasteiger partial charge in [-0.15, -0.1) is 12.4 Å². The van der Waals surface area contributed by atoms with Crippen LogP contribution in [0.2, 0.25) is 0 Å². The van der Waals surface area contributed by atoms with E-state index in [2.05, 4.69) is 12.1 Å². The fraction of sp³-hybridized carbons (Fsp3) is 0.136. The summed E-state index contributed by atoms with van der Waals surface area (Å²) in [6.45, 7) is 0.250. The molecule has 0 aromatic heterocycles. The third kappa shape index (κ3) is 5.45. The molecule has 134 valence electrons. The summed E-state index contributed by atoms with van der Waals surface area (Å²) in [6.07, 6.45) is 0.461. The molecule has 0 aliphatic carbocycles. The van der Waals surface area contributed by atoms with Crippen LogP contribution in [0.4, 0.5) is 0 Å². The van der Waals surface area contributed by atoms with E-state index in [-0.39, 0.29) is 25.0 Å². The minimum Gasteiger partial charge on any atom is -0.460 e. The number of ether oxygens (including phenoxy) is 1. The molecule has 0 spiro atoms. The summed E-state index contributed by atoms with van der Waals surface area (Å²) in [5.74, 6) is -0.379. The second-order valence-electron chi connectivity index (χ2n) is 5.97. The molecule has 4 heteroatoms. The van der Waals surface area contributed by atoms with Crippen molar-refractivity contribution in [3.05, 3.63) is 96.1 Å². The fourth-order valence-corrected chi connectivity index (χ4v) is 2.64. The molecular formula is C22H22ClNO2. The molecule has 0 radical (unpaired) electrons. The first-order chi connectivity index (χ1) is 12.2. The number of benzene rings is 3. The molecule has 1 atom stereocenters. The normalized spacial score (nSPS) is 11.3. The molecule has 0 unspecified atom stereocenters. The number of nitrogens with two attached hydrogens (primary N) is 1. The van der Waals surface area contributed by atoms with Gasteiger partial charge in [0.15, 0.2) is 0 Å². The summed E-state index contributed by atoms with van der Waals surface area (Å²) >= 11 is 0. The van der Waals surface area contributed by atoms with Crippen LogP contribution < -0.4 is 5.73 Å². The van der Waals surface area contributed by atoms with E-state index in [4.69, 9.17) is 10.5 Å². The Bertz CT molecular complexity index is 805. The maximum absolute atomic E-state index is 12.1. The van der Waals surface area contributed by atoms with Gasteiger partial charge in [-0.1, -0.05) is 84.9 Å². The third-order valence-corrected chi connectivity index (χ3v) is 4.04. The van der Waals surface area contributed by atoms with Gasteiger partial charge in [0.2, 0.25) is 0 Å². The van der Waals surface area contributed by atoms with Crippen LogP contribution in [0.1, 0.15) is 11.1 Å². The highest BCUT2D eigenvalue weighted by atomic mass is 35.5. The van der Waals surface area contributed by atoms with Gasteiger partial charge in [-0.25, -0.2) is 0 Å². The second-order valence-corrected chi connectivity index (χ2v) is 5.97. The lowest BCUT2D eigenvalue weighted by atomic mass is 10.0. The standard InChI is InChI=1S/C22H21NO2.ClH/c23-21(22(24)25-16-18-7-3-1-4-8-18)15-17-11-13-20(14-12-17)19-9-5-2-6-10-19;/h1-14,21H,15-16,23H2;1H/t21-;/m0./s1. The highest BCUT2D eigenvalue weighted by Crippen LogP contribution is 2.19. The van der Waals surface area contributed by atoms with Crippen molar-refractivity contribution in [2.24, 2.45) is 5.73 Å². The summed E-state index contributed by atoms with van der Waals surface area (Å²) in [7, 11) is 0. The number of hydrogen-bond donors (Lipinski definition) is 1. The fourth-order valence-electron chi connectivity index (χ4n) is 2.64. The van der Waals surface area contributed by atoms with Gasteiger partial charge in [0.05, 0.1) is 0 Å². The van der Waals surface area contributed by atoms with E-state index in [1.165, 1.54) is 5.56 Å². The van der Waals surface area contributed by atoms with E-state index >= 15 is 0 Å². The zero-order valence-electron chi connectivity index (χ0n) is 14.4. The average molecular weight is 368 g/mol. The summed E-state index contributed by atoms with van der Waals surface area (Å²) < 4.78 is 5.29. The molecule has 26 heavy (non-hydrogen) atoms. The lowest BCUT2D eigenvalue weighted by molar-refractivity contribution is -0.146. The molecule has 0 saturated carbocycles. The Morgan fingerprint density at radius 2 is 1.31 bits per heavy atom. The summed E-state index contributed by atoms with van der Waals surface area (Å²) in [5.41, 5.74) is 10.3. The lowest BCUT2D eigenvalue weighted by Crippen LogP contribution is -2.34. The van der Waals surface area contributed by atoms with Gasteiger partial charge in [0, 0.05) is 0 Å². The van der Waals surface area contributed by atoms with E-state index in [9.17, 15) is 4.79 Å². The van der Waals surface area contributed by atoms with Crippen LogP contribution >= 0.6 is 12.4 Å². The average Bonchev–Trinajstić information content (AvgIpc) is 2.68. The van der Waals surface area contributed by atoms with Gasteiger partial charge in [0.25, 0.3) is 0 Å². The Morgan fingerprint density at radius 1 is 0.769 bits per heavy atom. The number of esters is 1. The van der Waals surface area contributed by atoms with E-state index in [0.29, 0.717) is 6.42 Å². The first-order valence-electron chi connectivity index (χ1n) is 8.33. The van der Waals surface area contributed by atoms with E-state index in [1.807, 2.05) is 72.8 Å². The zero-order chi connectivity index (χ0) is 17.5. The lowest BCUT2D eigenvalue weighted by Gasteiger charge is -2.12. The zero-order valence-corrected chi connectivity index (χ0v) is 15.2. The molecule has 3 aromatic carbocycles. The van der Waals surface area contributed by atoms with Gasteiger partial charge in [-0.05, 0) is 28.7 Å². The van der Waals surface area contributed by atoms with E-state index < -0.39 is 6.04 Å². The SMILES string of the molecule is Cl.N[C@@H](Cc1ccc(-c2ccccc2)cc1)C(=O)OCc1ccccc1. The molecule has 0 amide bonds. The maximum atomic E-state index is 12.1. The van der Waals surface area contributed by atoms with Gasteiger partial charge >= 0.3 is 5.97 Å². The largest absolute Gasteiger partial charge is 0.460 e. The number of hydrogen-bond acceptors (Lipinski definition) is 3. The van der Waals surface area contributed by atoms with Gasteiger partial charge < -0.3 is 10.5 Å². The molecule has 2 N–H and O–H groups in total. The number of carbonyl (C=O) groups is 1. The molecule has 3 rings (SSSR count). The molecule has 3 nitrogen and oxygen atoms in total. The van der Waals surface area contributed by atoms with E-state index in [1.54, 1.807) is 0 Å². The Labute approximate surface area is 160 Å². The third-order valence-electron chi connectivity index (χ3n) is 4.04. The van der Waals surface area contributed by atoms with Crippen LogP contribution in [0.5, 0.6) is 0 Å². The van der Waals surface area contributed by atoms with Crippen LogP contribution in [0.15, 0.2) is 84.9 Å². The predicted octanol–water partition coefficient (Wildman–Crippen LogP) is 4.39. The van der Waals surface area contributed by atoms with Crippen molar-refractivity contribution >= 4 is 18.4 Å². The van der Waals surface area contributed by atoms with Crippen LogP contribution in [0, 0.1) is 0 Å². The van der Waals surface area contributed by atoms with Gasteiger partial charge in [0.1, 0.15) is 12.6 Å². The summed E-state index contributed by atoms with van der Waals surface area (Å²) in [4.78, 5) is 12.1. The minimum atomic E-state index is -0.661. The van der Waals surface area contributed by atoms with Gasteiger partial charge in [-0.2, -0.15) is 0 Å². The Hall–Kier alpha value is -2.62. The second kappa shape index (κ2) is 9.76. The first kappa shape index (κ1) is 19.7. The van der Waals surface area contributed by atoms with Crippen LogP contribution in [-0.4, -0.2) is 12.0 Å². The Balaban J connectivity index is 0.00000243. The van der Waals surface area contributed by atoms with Crippen molar-refractivity contribution in [2.75, 3.05) is 0 Å². The van der Waals surface area contributed by atoms with E-state index in [0.717, 1.165) is 16.7 Å². The van der Waals surface area contributed by atoms with Crippen LogP contribution in [-0.2, 0) is 22.6 Å². The van der Waals surface area contributed by atoms with Crippen molar-refractivity contribution in [3.8, 4) is 11.1 Å². The molecule has 3 aromatic rings. The van der Waals surface area contributed by atoms with Crippen molar-refractivity contribution in [2.45, 2.75) is 19.1 Å². The highest BCUT2D eigenvalue weighted by Gasteiger charge is 2.15. The first-order valence-corrected chi connectivity index (χ1v) is 8.33. The quantitative estimate of drug-likeness (QED) is 0.657. The smallest absolute Gasteiger partial charge is 0.323 e. The number of rotatable bonds is 6. The monoisotopic (exact) mass is 367 g/mol. The van der Waals surface area contributed by atoms with Crippen molar-refractivity contribution in [3.63, 3.8) is 0 Å². The minimum absolute atomic E-state index is 0. The van der Waals surface area contributed by atoms with Crippen LogP contribution in [0.3, 0.4) is 0 Å². The van der Waals surface area contributed by atoms with Crippen molar-refractivity contribution in [1.82, 2.24) is 0 Å². The highest BCUT2D eigenvalue weighted by molar-refractivity contribution is 5.85. The molecule has 0 saturated heterocycles. The Kier molecular flexibility index (Phi) is 7.39. The molecular weight excluding hydrogens is 346 g/mol. The number of carbonyl (C=O) groups excluding carboxylic acids is 1. The molecule has 0 heterocycles. The van der Waals surface area contributed by atoms with Crippen molar-refractivity contribution < 1.29 is 9.53 Å². The summed E-state index contributed by atoms with van der Waals surface area (Å²) in [5, 5.41) is 0. The Morgan fingerprint density at radius 3 is 1.92 bits per heavy atom. The summed E-state index contributed by atoms with van der Waals surface area (Å²) in [6, 6.07) is 27.2. The van der Waals surface area contributed by atoms with Crippen molar-refractivity contribution in [1.29, 1.82) is 0 Å². The number of halogens is 1. The van der Waals surface area contributed by atoms with Crippen LogP contribution in [0.25, 0.3) is 11.1 Å². The molecule has 0 aliphatic rings. The predicted molar refractivity (Wildman–Crippen MR) is 107 cm³/mol. The molecule has 0 bridgehead atoms. The topological polar surface area (TPSA) is 52.3 Å². The molecule has 0 fully saturated rings.